The van der Waals surface area contributed by atoms with Gasteiger partial charge in [-0.15, -0.1) is 9.24 Å². The standard InChI is InChI=1S/C41H51FN5O5P.CH4O/c1-2-29-32(53)7-6-25-19-27(48)20-30(34(25)29)36-35(42)37-31(21-43-36)38(46-16-18-50-23-28(49)22-46)45-39(44-37)51-24-40-10-3-5-33(40)47(15-4-11-40)26-8-12-41(13-9-26)14-17-52-41;1-2/h6-7,19-21,26,28,33,48-49H,2-5,8-18,22-24,53H2,1H3;2H,1H3. The van der Waals surface area contributed by atoms with Gasteiger partial charge in [-0.1, -0.05) is 25.5 Å². The molecule has 5 heterocycles. The number of hydrogen-bond donors (Lipinski definition) is 3. The average Bonchev–Trinajstić information content (AvgIpc) is 3.51. The number of aromatic nitrogens is 3. The Balaban J connectivity index is 0.00000210. The molecule has 1 spiro atoms. The van der Waals surface area contributed by atoms with Crippen LogP contribution in [-0.2, 0) is 15.9 Å². The molecule has 4 atom stereocenters. The SMILES string of the molecule is CCc1c(P)ccc2cc(O)cc(-c3ncc4c(N5CCOCC(O)C5)nc(OCC56CCCC5N(C5CCC7(CCO7)CC5)CCC6)nc4c3F)c12.CO. The third-order valence-corrected chi connectivity index (χ3v) is 13.7. The Morgan fingerprint density at radius 3 is 2.58 bits per heavy atom. The van der Waals surface area contributed by atoms with Crippen molar-refractivity contribution in [2.75, 3.05) is 58.1 Å². The van der Waals surface area contributed by atoms with E-state index < -0.39 is 11.9 Å². The van der Waals surface area contributed by atoms with Crippen molar-refractivity contribution in [3.05, 3.63) is 41.8 Å². The summed E-state index contributed by atoms with van der Waals surface area (Å²) in [5.41, 5.74) is 1.90. The van der Waals surface area contributed by atoms with Crippen LogP contribution in [0, 0.1) is 11.2 Å². The van der Waals surface area contributed by atoms with Gasteiger partial charge in [0.25, 0.3) is 0 Å². The molecule has 2 saturated carbocycles. The zero-order valence-corrected chi connectivity index (χ0v) is 33.3. The molecule has 11 nitrogen and oxygen atoms in total. The Labute approximate surface area is 324 Å². The molecule has 3 saturated heterocycles. The van der Waals surface area contributed by atoms with E-state index >= 15 is 4.39 Å². The second kappa shape index (κ2) is 15.9. The monoisotopic (exact) mass is 775 g/mol. The van der Waals surface area contributed by atoms with Gasteiger partial charge in [-0.3, -0.25) is 9.88 Å². The Morgan fingerprint density at radius 2 is 1.82 bits per heavy atom. The molecule has 9 rings (SSSR count). The number of halogens is 1. The van der Waals surface area contributed by atoms with Gasteiger partial charge in [0.1, 0.15) is 22.8 Å². The number of likely N-dealkylation sites (tertiary alicyclic amines) is 1. The van der Waals surface area contributed by atoms with Crippen LogP contribution in [0.5, 0.6) is 11.8 Å². The van der Waals surface area contributed by atoms with Crippen molar-refractivity contribution in [3.8, 4) is 23.0 Å². The highest BCUT2D eigenvalue weighted by Crippen LogP contribution is 2.51. The van der Waals surface area contributed by atoms with E-state index in [1.807, 2.05) is 17.0 Å². The topological polar surface area (TPSA) is 134 Å². The first kappa shape index (κ1) is 38.6. The summed E-state index contributed by atoms with van der Waals surface area (Å²) in [5.74, 6) is -0.0962. The predicted octanol–water partition coefficient (Wildman–Crippen LogP) is 5.67. The number of β-amino-alcohol motifs (C(OH)–C–C–N with tert-alkyl or cyclic N) is 1. The molecule has 296 valence electrons. The lowest BCUT2D eigenvalue weighted by atomic mass is 9.72. The number of aryl methyl sites for hydroxylation is 1. The maximum Gasteiger partial charge on any atom is 0.319 e. The van der Waals surface area contributed by atoms with Crippen LogP contribution in [0.15, 0.2) is 30.5 Å². The van der Waals surface area contributed by atoms with Crippen LogP contribution >= 0.6 is 9.24 Å². The summed E-state index contributed by atoms with van der Waals surface area (Å²) in [6, 6.07) is 8.38. The van der Waals surface area contributed by atoms with Gasteiger partial charge >= 0.3 is 6.01 Å². The number of aliphatic hydroxyl groups is 2. The number of hydrogen-bond acceptors (Lipinski definition) is 11. The summed E-state index contributed by atoms with van der Waals surface area (Å²) in [7, 11) is 3.78. The van der Waals surface area contributed by atoms with E-state index in [0.29, 0.717) is 48.6 Å². The first-order valence-electron chi connectivity index (χ1n) is 20.2. The van der Waals surface area contributed by atoms with Gasteiger partial charge in [0.2, 0.25) is 0 Å². The van der Waals surface area contributed by atoms with Crippen molar-refractivity contribution in [1.82, 2.24) is 19.9 Å². The molecule has 3 N–H and O–H groups in total. The van der Waals surface area contributed by atoms with Crippen LogP contribution in [0.2, 0.25) is 0 Å². The minimum absolute atomic E-state index is 0.0136. The number of phenols is 1. The van der Waals surface area contributed by atoms with Crippen molar-refractivity contribution >= 4 is 42.0 Å². The van der Waals surface area contributed by atoms with E-state index in [0.717, 1.165) is 86.8 Å². The van der Waals surface area contributed by atoms with Crippen molar-refractivity contribution in [3.63, 3.8) is 0 Å². The number of pyridine rings is 1. The van der Waals surface area contributed by atoms with Crippen molar-refractivity contribution in [1.29, 1.82) is 0 Å². The number of aliphatic hydroxyl groups excluding tert-OH is 2. The zero-order chi connectivity index (χ0) is 38.3. The third-order valence-electron chi connectivity index (χ3n) is 13.2. The quantitative estimate of drug-likeness (QED) is 0.201. The van der Waals surface area contributed by atoms with Crippen LogP contribution in [0.25, 0.3) is 32.9 Å². The average molecular weight is 776 g/mol. The van der Waals surface area contributed by atoms with E-state index in [2.05, 4.69) is 26.0 Å². The number of anilines is 1. The molecule has 4 aromatic rings. The summed E-state index contributed by atoms with van der Waals surface area (Å²) in [6.07, 6.45) is 13.2. The summed E-state index contributed by atoms with van der Waals surface area (Å²) >= 11 is 0. The van der Waals surface area contributed by atoms with Gasteiger partial charge in [0.05, 0.1) is 43.5 Å². The summed E-state index contributed by atoms with van der Waals surface area (Å²) < 4.78 is 35.5. The van der Waals surface area contributed by atoms with Gasteiger partial charge in [-0.05, 0) is 105 Å². The highest BCUT2D eigenvalue weighted by atomic mass is 31.0. The fourth-order valence-electron chi connectivity index (χ4n) is 10.4. The van der Waals surface area contributed by atoms with Gasteiger partial charge in [-0.2, -0.15) is 9.97 Å². The maximum atomic E-state index is 17.2. The molecular weight excluding hydrogens is 720 g/mol. The number of piperidine rings is 1. The molecule has 5 aliphatic rings. The number of fused-ring (bicyclic) bond motifs is 3. The minimum atomic E-state index is -0.729. The summed E-state index contributed by atoms with van der Waals surface area (Å²) in [5, 5.41) is 31.6. The summed E-state index contributed by atoms with van der Waals surface area (Å²) in [4.78, 5) is 19.1. The molecule has 3 aliphatic heterocycles. The predicted molar refractivity (Wildman–Crippen MR) is 215 cm³/mol. The second-order valence-corrected chi connectivity index (χ2v) is 16.8. The van der Waals surface area contributed by atoms with Gasteiger partial charge in [0, 0.05) is 49.5 Å². The maximum absolute atomic E-state index is 17.2. The molecular formula is C42H55FN5O6P. The van der Waals surface area contributed by atoms with Crippen molar-refractivity contribution < 1.29 is 33.9 Å². The third kappa shape index (κ3) is 7.16. The van der Waals surface area contributed by atoms with E-state index in [1.54, 1.807) is 18.3 Å². The van der Waals surface area contributed by atoms with Crippen LogP contribution < -0.4 is 14.9 Å². The van der Waals surface area contributed by atoms with E-state index in [1.165, 1.54) is 25.7 Å². The van der Waals surface area contributed by atoms with E-state index in [9.17, 15) is 10.2 Å². The number of nitrogens with zero attached hydrogens (tertiary/aromatic N) is 5. The van der Waals surface area contributed by atoms with E-state index in [-0.39, 0.29) is 47.1 Å². The normalized spacial score (nSPS) is 28.4. The summed E-state index contributed by atoms with van der Waals surface area (Å²) in [6.45, 7) is 5.94. The smallest absolute Gasteiger partial charge is 0.319 e. The minimum Gasteiger partial charge on any atom is -0.508 e. The number of benzene rings is 2. The molecule has 0 bridgehead atoms. The second-order valence-electron chi connectivity index (χ2n) is 16.2. The van der Waals surface area contributed by atoms with Crippen molar-refractivity contribution in [2.45, 2.75) is 101 Å². The molecule has 2 aromatic heterocycles. The van der Waals surface area contributed by atoms with Crippen LogP contribution in [0.4, 0.5) is 10.2 Å². The molecule has 2 aliphatic carbocycles. The lowest BCUT2D eigenvalue weighted by Crippen LogP contribution is -2.58. The fraction of sp³-hybridized carbons (Fsp3) is 0.595. The Hall–Kier alpha value is -3.25. The molecule has 0 radical (unpaired) electrons. The van der Waals surface area contributed by atoms with Crippen molar-refractivity contribution in [2.24, 2.45) is 5.41 Å². The van der Waals surface area contributed by atoms with Crippen LogP contribution in [-0.4, -0.2) is 112 Å². The van der Waals surface area contributed by atoms with E-state index in [4.69, 9.17) is 29.3 Å². The first-order valence-corrected chi connectivity index (χ1v) is 20.7. The Kier molecular flexibility index (Phi) is 11.2. The lowest BCUT2D eigenvalue weighted by molar-refractivity contribution is -0.175. The van der Waals surface area contributed by atoms with Crippen LogP contribution in [0.1, 0.15) is 76.7 Å². The van der Waals surface area contributed by atoms with Gasteiger partial charge in [0.15, 0.2) is 5.82 Å². The number of rotatable bonds is 7. The first-order chi connectivity index (χ1) is 26.8. The Morgan fingerprint density at radius 1 is 1.02 bits per heavy atom. The number of aromatic hydroxyl groups is 1. The molecule has 4 unspecified atom stereocenters. The highest BCUT2D eigenvalue weighted by molar-refractivity contribution is 7.27. The lowest BCUT2D eigenvalue weighted by Gasteiger charge is -2.53. The largest absolute Gasteiger partial charge is 0.508 e. The molecule has 55 heavy (non-hydrogen) atoms. The fourth-order valence-corrected chi connectivity index (χ4v) is 10.9. The Bertz CT molecular complexity index is 2020. The van der Waals surface area contributed by atoms with Gasteiger partial charge in [-0.25, -0.2) is 4.39 Å². The molecule has 2 aromatic carbocycles. The molecule has 13 heteroatoms. The number of ether oxygens (including phenoxy) is 3. The highest BCUT2D eigenvalue weighted by Gasteiger charge is 2.52. The van der Waals surface area contributed by atoms with Gasteiger partial charge < -0.3 is 34.4 Å². The van der Waals surface area contributed by atoms with Crippen LogP contribution in [0.3, 0.4) is 0 Å². The molecule has 5 fully saturated rings. The zero-order valence-electron chi connectivity index (χ0n) is 32.1. The molecule has 0 amide bonds. The number of phenolic OH excluding ortho intramolecular Hbond substituents is 1.